The van der Waals surface area contributed by atoms with Crippen molar-refractivity contribution in [3.63, 3.8) is 0 Å². The number of benzene rings is 1. The Morgan fingerprint density at radius 2 is 2.28 bits per heavy atom. The highest BCUT2D eigenvalue weighted by Crippen LogP contribution is 2.28. The lowest BCUT2D eigenvalue weighted by Crippen LogP contribution is -2.47. The maximum Gasteiger partial charge on any atom is 0.0896 e. The highest BCUT2D eigenvalue weighted by molar-refractivity contribution is 5.26. The molecule has 0 aromatic heterocycles. The molecular formula is C15H24N2O. The van der Waals surface area contributed by atoms with Crippen LogP contribution in [0.5, 0.6) is 0 Å². The van der Waals surface area contributed by atoms with Crippen molar-refractivity contribution in [3.8, 4) is 0 Å². The zero-order valence-corrected chi connectivity index (χ0v) is 11.6. The molecule has 18 heavy (non-hydrogen) atoms. The Hall–Kier alpha value is -0.900. The van der Waals surface area contributed by atoms with Crippen molar-refractivity contribution in [2.24, 2.45) is 0 Å². The summed E-state index contributed by atoms with van der Waals surface area (Å²) in [6, 6.07) is 9.12. The molecule has 1 aromatic carbocycles. The largest absolute Gasteiger partial charge is 0.374 e. The first-order chi connectivity index (χ1) is 8.72. The zero-order chi connectivity index (χ0) is 13.0. The fourth-order valence-corrected chi connectivity index (χ4v) is 2.64. The van der Waals surface area contributed by atoms with E-state index < -0.39 is 0 Å². The molecule has 1 heterocycles. The molecule has 1 aliphatic heterocycles. The van der Waals surface area contributed by atoms with Crippen LogP contribution in [0, 0.1) is 6.92 Å². The Morgan fingerprint density at radius 3 is 3.00 bits per heavy atom. The molecule has 2 atom stereocenters. The topological polar surface area (TPSA) is 24.5 Å². The van der Waals surface area contributed by atoms with E-state index in [-0.39, 0.29) is 6.10 Å². The number of hydrogen-bond acceptors (Lipinski definition) is 3. The van der Waals surface area contributed by atoms with Crippen LogP contribution in [0.15, 0.2) is 24.3 Å². The highest BCUT2D eigenvalue weighted by Gasteiger charge is 2.30. The van der Waals surface area contributed by atoms with Crippen LogP contribution < -0.4 is 5.32 Å². The van der Waals surface area contributed by atoms with Gasteiger partial charge in [-0.25, -0.2) is 0 Å². The van der Waals surface area contributed by atoms with Crippen LogP contribution in [-0.2, 0) is 4.74 Å². The van der Waals surface area contributed by atoms with Gasteiger partial charge in [-0.3, -0.25) is 4.90 Å². The second-order valence-electron chi connectivity index (χ2n) is 5.06. The highest BCUT2D eigenvalue weighted by atomic mass is 16.5. The van der Waals surface area contributed by atoms with E-state index in [1.807, 2.05) is 0 Å². The van der Waals surface area contributed by atoms with E-state index in [0.29, 0.717) is 6.04 Å². The quantitative estimate of drug-likeness (QED) is 0.882. The minimum absolute atomic E-state index is 0.241. The summed E-state index contributed by atoms with van der Waals surface area (Å²) in [6.07, 6.45) is 0.241. The number of nitrogens with zero attached hydrogens (tertiary/aromatic N) is 1. The fourth-order valence-electron chi connectivity index (χ4n) is 2.64. The predicted molar refractivity (Wildman–Crippen MR) is 74.8 cm³/mol. The summed E-state index contributed by atoms with van der Waals surface area (Å²) in [6.45, 7) is 8.01. The van der Waals surface area contributed by atoms with Gasteiger partial charge in [0.2, 0.25) is 0 Å². The fraction of sp³-hybridized carbons (Fsp3) is 0.600. The molecule has 1 aliphatic rings. The van der Waals surface area contributed by atoms with Crippen molar-refractivity contribution in [2.45, 2.75) is 26.0 Å². The Kier molecular flexibility index (Phi) is 4.75. The van der Waals surface area contributed by atoms with Crippen LogP contribution in [0.25, 0.3) is 0 Å². The first-order valence-corrected chi connectivity index (χ1v) is 6.81. The second-order valence-corrected chi connectivity index (χ2v) is 5.06. The summed E-state index contributed by atoms with van der Waals surface area (Å²) in [5.41, 5.74) is 2.67. The van der Waals surface area contributed by atoms with Crippen molar-refractivity contribution in [2.75, 3.05) is 33.3 Å². The van der Waals surface area contributed by atoms with Crippen molar-refractivity contribution in [3.05, 3.63) is 35.4 Å². The molecule has 0 radical (unpaired) electrons. The maximum atomic E-state index is 5.95. The van der Waals surface area contributed by atoms with Gasteiger partial charge in [-0.2, -0.15) is 0 Å². The van der Waals surface area contributed by atoms with Crippen LogP contribution in [0.2, 0.25) is 0 Å². The molecule has 100 valence electrons. The first kappa shape index (κ1) is 13.5. The molecule has 0 saturated carbocycles. The zero-order valence-electron chi connectivity index (χ0n) is 11.6. The number of nitrogens with one attached hydrogen (secondary N) is 1. The molecule has 0 spiro atoms. The summed E-state index contributed by atoms with van der Waals surface area (Å²) < 4.78 is 5.95. The summed E-state index contributed by atoms with van der Waals surface area (Å²) in [7, 11) is 2.19. The SMILES string of the molecule is CCNCC1OCCN(C)C1c1cccc(C)c1. The first-order valence-electron chi connectivity index (χ1n) is 6.81. The van der Waals surface area contributed by atoms with Gasteiger partial charge in [0.25, 0.3) is 0 Å². The van der Waals surface area contributed by atoms with Crippen molar-refractivity contribution in [1.29, 1.82) is 0 Å². The molecule has 2 unspecified atom stereocenters. The summed E-state index contributed by atoms with van der Waals surface area (Å²) in [4.78, 5) is 2.40. The van der Waals surface area contributed by atoms with Gasteiger partial charge in [-0.1, -0.05) is 36.8 Å². The number of morpholine rings is 1. The van der Waals surface area contributed by atoms with E-state index in [1.165, 1.54) is 11.1 Å². The second kappa shape index (κ2) is 6.32. The van der Waals surface area contributed by atoms with Gasteiger partial charge < -0.3 is 10.1 Å². The van der Waals surface area contributed by atoms with E-state index in [4.69, 9.17) is 4.74 Å². The average Bonchev–Trinajstić information content (AvgIpc) is 2.36. The number of rotatable bonds is 4. The Labute approximate surface area is 110 Å². The monoisotopic (exact) mass is 248 g/mol. The number of ether oxygens (including phenoxy) is 1. The van der Waals surface area contributed by atoms with Crippen LogP contribution in [0.4, 0.5) is 0 Å². The number of hydrogen-bond donors (Lipinski definition) is 1. The molecule has 1 aromatic rings. The van der Waals surface area contributed by atoms with Crippen molar-refractivity contribution in [1.82, 2.24) is 10.2 Å². The van der Waals surface area contributed by atoms with Crippen LogP contribution in [-0.4, -0.2) is 44.3 Å². The average molecular weight is 248 g/mol. The van der Waals surface area contributed by atoms with E-state index in [1.54, 1.807) is 0 Å². The van der Waals surface area contributed by atoms with Crippen molar-refractivity contribution < 1.29 is 4.74 Å². The predicted octanol–water partition coefficient (Wildman–Crippen LogP) is 1.98. The molecule has 0 aliphatic carbocycles. The molecule has 2 rings (SSSR count). The van der Waals surface area contributed by atoms with Gasteiger partial charge in [0.05, 0.1) is 18.8 Å². The normalized spacial score (nSPS) is 25.3. The van der Waals surface area contributed by atoms with E-state index in [0.717, 1.165) is 26.2 Å². The summed E-state index contributed by atoms with van der Waals surface area (Å²) >= 11 is 0. The molecule has 3 nitrogen and oxygen atoms in total. The minimum atomic E-state index is 0.241. The van der Waals surface area contributed by atoms with E-state index in [9.17, 15) is 0 Å². The van der Waals surface area contributed by atoms with Crippen molar-refractivity contribution >= 4 is 0 Å². The Bertz CT molecular complexity index is 381. The molecule has 0 bridgehead atoms. The van der Waals surface area contributed by atoms with Crippen LogP contribution >= 0.6 is 0 Å². The molecular weight excluding hydrogens is 224 g/mol. The third-order valence-corrected chi connectivity index (χ3v) is 3.58. The summed E-state index contributed by atoms with van der Waals surface area (Å²) in [5, 5.41) is 3.40. The van der Waals surface area contributed by atoms with Gasteiger partial charge in [0.1, 0.15) is 0 Å². The van der Waals surface area contributed by atoms with E-state index >= 15 is 0 Å². The van der Waals surface area contributed by atoms with E-state index in [2.05, 4.69) is 55.4 Å². The lowest BCUT2D eigenvalue weighted by molar-refractivity contribution is -0.0611. The van der Waals surface area contributed by atoms with Gasteiger partial charge in [0, 0.05) is 13.1 Å². The van der Waals surface area contributed by atoms with Gasteiger partial charge in [0.15, 0.2) is 0 Å². The molecule has 1 N–H and O–H groups in total. The minimum Gasteiger partial charge on any atom is -0.374 e. The lowest BCUT2D eigenvalue weighted by atomic mass is 9.97. The molecule has 3 heteroatoms. The Balaban J connectivity index is 2.18. The molecule has 1 fully saturated rings. The standard InChI is InChI=1S/C15H24N2O/c1-4-16-11-14-15(17(3)8-9-18-14)13-7-5-6-12(2)10-13/h5-7,10,14-16H,4,8-9,11H2,1-3H3. The van der Waals surface area contributed by atoms with Gasteiger partial charge in [-0.05, 0) is 26.1 Å². The lowest BCUT2D eigenvalue weighted by Gasteiger charge is -2.39. The maximum absolute atomic E-state index is 5.95. The Morgan fingerprint density at radius 1 is 1.44 bits per heavy atom. The van der Waals surface area contributed by atoms with Crippen LogP contribution in [0.3, 0.4) is 0 Å². The molecule has 1 saturated heterocycles. The van der Waals surface area contributed by atoms with Gasteiger partial charge in [-0.15, -0.1) is 0 Å². The third kappa shape index (κ3) is 3.10. The molecule has 0 amide bonds. The summed E-state index contributed by atoms with van der Waals surface area (Å²) in [5.74, 6) is 0. The van der Waals surface area contributed by atoms with Gasteiger partial charge >= 0.3 is 0 Å². The third-order valence-electron chi connectivity index (χ3n) is 3.58. The smallest absolute Gasteiger partial charge is 0.0896 e. The number of aryl methyl sites for hydroxylation is 1. The van der Waals surface area contributed by atoms with Crippen LogP contribution in [0.1, 0.15) is 24.1 Å². The number of likely N-dealkylation sites (N-methyl/N-ethyl adjacent to an activating group) is 2.